The average molecular weight is 166 g/mol. The minimum absolute atomic E-state index is 0.187. The molecule has 0 saturated heterocycles. The first-order valence-electron chi connectivity index (χ1n) is 2.97. The van der Waals surface area contributed by atoms with Gasteiger partial charge in [0.1, 0.15) is 5.88 Å². The van der Waals surface area contributed by atoms with Gasteiger partial charge in [-0.3, -0.25) is 10.0 Å². The van der Waals surface area contributed by atoms with E-state index in [1.54, 1.807) is 20.8 Å². The second-order valence-corrected chi connectivity index (χ2v) is 3.28. The molecule has 0 radical (unpaired) electrons. The zero-order valence-electron chi connectivity index (χ0n) is 6.39. The molecule has 0 bridgehead atoms. The van der Waals surface area contributed by atoms with Crippen molar-refractivity contribution in [1.29, 1.82) is 0 Å². The summed E-state index contributed by atoms with van der Waals surface area (Å²) in [4.78, 5) is 10.7. The van der Waals surface area contributed by atoms with E-state index >= 15 is 0 Å². The Labute approximate surface area is 65.5 Å². The fourth-order valence-corrected chi connectivity index (χ4v) is 0.544. The maximum Gasteiger partial charge on any atom is 0.261 e. The van der Waals surface area contributed by atoms with E-state index < -0.39 is 11.4 Å². The topological polar surface area (TPSA) is 40.5 Å². The van der Waals surface area contributed by atoms with Crippen LogP contribution in [0.5, 0.6) is 0 Å². The summed E-state index contributed by atoms with van der Waals surface area (Å²) < 4.78 is 0. The molecule has 0 atom stereocenters. The molecule has 0 aliphatic carbocycles. The molecule has 0 fully saturated rings. The van der Waals surface area contributed by atoms with Crippen LogP contribution in [0.4, 0.5) is 0 Å². The van der Waals surface area contributed by atoms with Crippen LogP contribution in [0.3, 0.4) is 0 Å². The molecule has 10 heavy (non-hydrogen) atoms. The van der Waals surface area contributed by atoms with Crippen molar-refractivity contribution in [2.24, 2.45) is 0 Å². The first kappa shape index (κ1) is 9.72. The van der Waals surface area contributed by atoms with Crippen LogP contribution in [0.25, 0.3) is 0 Å². The monoisotopic (exact) mass is 165 g/mol. The lowest BCUT2D eigenvalue weighted by atomic mass is 10.1. The number of amides is 1. The van der Waals surface area contributed by atoms with Crippen LogP contribution >= 0.6 is 11.6 Å². The van der Waals surface area contributed by atoms with E-state index in [4.69, 9.17) is 16.8 Å². The number of rotatable bonds is 1. The third kappa shape index (κ3) is 2.54. The number of nitrogens with zero attached hydrogens (tertiary/aromatic N) is 1. The first-order valence-corrected chi connectivity index (χ1v) is 3.51. The van der Waals surface area contributed by atoms with Gasteiger partial charge in [0, 0.05) is 0 Å². The van der Waals surface area contributed by atoms with E-state index in [0.29, 0.717) is 5.06 Å². The minimum Gasteiger partial charge on any atom is -0.285 e. The Hall–Kier alpha value is -0.280. The second-order valence-electron chi connectivity index (χ2n) is 3.01. The van der Waals surface area contributed by atoms with Crippen LogP contribution in [0.15, 0.2) is 0 Å². The molecule has 0 spiro atoms. The van der Waals surface area contributed by atoms with Gasteiger partial charge in [0.25, 0.3) is 5.91 Å². The van der Waals surface area contributed by atoms with E-state index in [0.717, 1.165) is 0 Å². The number of hydrogen-bond acceptors (Lipinski definition) is 2. The summed E-state index contributed by atoms with van der Waals surface area (Å²) in [5, 5.41) is 9.69. The van der Waals surface area contributed by atoms with Crippen molar-refractivity contribution < 1.29 is 10.0 Å². The Kier molecular flexibility index (Phi) is 3.12. The number of halogens is 1. The Balaban J connectivity index is 4.08. The Morgan fingerprint density at radius 1 is 1.60 bits per heavy atom. The number of hydrogen-bond donors (Lipinski definition) is 1. The highest BCUT2D eigenvalue weighted by molar-refractivity contribution is 6.27. The van der Waals surface area contributed by atoms with E-state index in [-0.39, 0.29) is 5.88 Å². The standard InChI is InChI=1S/C6H12ClNO2/c1-6(2,3)8(10)5(9)4-7/h10H,4H2,1-3H3. The molecule has 0 heterocycles. The summed E-state index contributed by atoms with van der Waals surface area (Å²) in [5.41, 5.74) is -0.564. The summed E-state index contributed by atoms with van der Waals surface area (Å²) >= 11 is 5.20. The molecule has 0 aliphatic rings. The zero-order chi connectivity index (χ0) is 8.36. The van der Waals surface area contributed by atoms with Gasteiger partial charge in [-0.1, -0.05) is 0 Å². The molecular formula is C6H12ClNO2. The summed E-state index contributed by atoms with van der Waals surface area (Å²) in [6.07, 6.45) is 0. The predicted molar refractivity (Wildman–Crippen MR) is 39.1 cm³/mol. The molecule has 0 aromatic heterocycles. The normalized spacial score (nSPS) is 11.3. The van der Waals surface area contributed by atoms with Crippen LogP contribution in [0.1, 0.15) is 20.8 Å². The molecule has 0 saturated carbocycles. The molecule has 4 heteroatoms. The van der Waals surface area contributed by atoms with E-state index in [9.17, 15) is 4.79 Å². The summed E-state index contributed by atoms with van der Waals surface area (Å²) in [6, 6.07) is 0. The van der Waals surface area contributed by atoms with Gasteiger partial charge < -0.3 is 0 Å². The molecular weight excluding hydrogens is 154 g/mol. The fraction of sp³-hybridized carbons (Fsp3) is 0.833. The highest BCUT2D eigenvalue weighted by atomic mass is 35.5. The molecule has 0 aromatic carbocycles. The largest absolute Gasteiger partial charge is 0.285 e. The summed E-state index contributed by atoms with van der Waals surface area (Å²) in [6.45, 7) is 5.16. The third-order valence-electron chi connectivity index (χ3n) is 0.986. The van der Waals surface area contributed by atoms with E-state index in [2.05, 4.69) is 0 Å². The lowest BCUT2D eigenvalue weighted by Crippen LogP contribution is -2.43. The van der Waals surface area contributed by atoms with Gasteiger partial charge in [0.15, 0.2) is 0 Å². The molecule has 0 unspecified atom stereocenters. The molecule has 1 amide bonds. The lowest BCUT2D eigenvalue weighted by Gasteiger charge is -2.28. The number of carbonyl (C=O) groups is 1. The first-order chi connectivity index (χ1) is 4.39. The van der Waals surface area contributed by atoms with Crippen molar-refractivity contribution in [3.8, 4) is 0 Å². The molecule has 1 N–H and O–H groups in total. The van der Waals surface area contributed by atoms with Gasteiger partial charge in [-0.25, -0.2) is 5.06 Å². The highest BCUT2D eigenvalue weighted by Gasteiger charge is 2.23. The van der Waals surface area contributed by atoms with Crippen molar-refractivity contribution in [3.05, 3.63) is 0 Å². The number of carbonyl (C=O) groups excluding carboxylic acids is 1. The van der Waals surface area contributed by atoms with Crippen molar-refractivity contribution in [3.63, 3.8) is 0 Å². The quantitative estimate of drug-likeness (QED) is 0.361. The average Bonchev–Trinajstić information content (AvgIpc) is 1.83. The van der Waals surface area contributed by atoms with Crippen molar-refractivity contribution in [1.82, 2.24) is 5.06 Å². The molecule has 3 nitrogen and oxygen atoms in total. The van der Waals surface area contributed by atoms with Crippen molar-refractivity contribution >= 4 is 17.5 Å². The maximum absolute atomic E-state index is 10.7. The minimum atomic E-state index is -0.564. The van der Waals surface area contributed by atoms with Crippen LogP contribution in [-0.2, 0) is 4.79 Å². The van der Waals surface area contributed by atoms with Crippen LogP contribution in [0.2, 0.25) is 0 Å². The van der Waals surface area contributed by atoms with Gasteiger partial charge >= 0.3 is 0 Å². The third-order valence-corrected chi connectivity index (χ3v) is 1.21. The number of alkyl halides is 1. The molecule has 0 rings (SSSR count). The van der Waals surface area contributed by atoms with Gasteiger partial charge in [-0.15, -0.1) is 11.6 Å². The molecule has 0 aromatic rings. The van der Waals surface area contributed by atoms with Crippen LogP contribution in [0, 0.1) is 0 Å². The Morgan fingerprint density at radius 3 is 2.10 bits per heavy atom. The van der Waals surface area contributed by atoms with Gasteiger partial charge in [0.05, 0.1) is 5.54 Å². The SMILES string of the molecule is CC(C)(C)N(O)C(=O)CCl. The summed E-state index contributed by atoms with van der Waals surface area (Å²) in [7, 11) is 0. The Morgan fingerprint density at radius 2 is 2.00 bits per heavy atom. The van der Waals surface area contributed by atoms with Crippen LogP contribution in [-0.4, -0.2) is 27.6 Å². The Bertz CT molecular complexity index is 130. The van der Waals surface area contributed by atoms with Gasteiger partial charge in [-0.2, -0.15) is 0 Å². The lowest BCUT2D eigenvalue weighted by molar-refractivity contribution is -0.183. The maximum atomic E-state index is 10.7. The molecule has 60 valence electrons. The molecule has 0 aliphatic heterocycles. The fourth-order valence-electron chi connectivity index (χ4n) is 0.431. The smallest absolute Gasteiger partial charge is 0.261 e. The van der Waals surface area contributed by atoms with E-state index in [1.165, 1.54) is 0 Å². The second kappa shape index (κ2) is 3.21. The van der Waals surface area contributed by atoms with Crippen molar-refractivity contribution in [2.75, 3.05) is 5.88 Å². The number of hydroxylamine groups is 2. The van der Waals surface area contributed by atoms with Gasteiger partial charge in [0.2, 0.25) is 0 Å². The predicted octanol–water partition coefficient (Wildman–Crippen LogP) is 1.24. The zero-order valence-corrected chi connectivity index (χ0v) is 7.14. The van der Waals surface area contributed by atoms with Gasteiger partial charge in [-0.05, 0) is 20.8 Å². The van der Waals surface area contributed by atoms with Crippen LogP contribution < -0.4 is 0 Å². The van der Waals surface area contributed by atoms with E-state index in [1.807, 2.05) is 0 Å². The highest BCUT2D eigenvalue weighted by Crippen LogP contribution is 2.09. The summed E-state index contributed by atoms with van der Waals surface area (Å²) in [5.74, 6) is -0.664. The van der Waals surface area contributed by atoms with Crippen molar-refractivity contribution in [2.45, 2.75) is 26.3 Å².